The Morgan fingerprint density at radius 2 is 1.71 bits per heavy atom. The number of carboxylic acids is 1. The summed E-state index contributed by atoms with van der Waals surface area (Å²) in [5, 5.41) is 14.4. The lowest BCUT2D eigenvalue weighted by Gasteiger charge is -2.16. The van der Waals surface area contributed by atoms with E-state index in [-0.39, 0.29) is 49.3 Å². The fourth-order valence-corrected chi connectivity index (χ4v) is 4.77. The molecule has 2 aromatic carbocycles. The molecule has 1 fully saturated rings. The third-order valence-electron chi connectivity index (χ3n) is 6.74. The molecule has 8 heteroatoms. The van der Waals surface area contributed by atoms with Gasteiger partial charge in [-0.1, -0.05) is 55.5 Å². The van der Waals surface area contributed by atoms with Crippen LogP contribution in [0.2, 0.25) is 0 Å². The highest BCUT2D eigenvalue weighted by molar-refractivity contribution is 5.79. The zero-order valence-electron chi connectivity index (χ0n) is 19.9. The highest BCUT2D eigenvalue weighted by atomic mass is 16.5. The second-order valence-corrected chi connectivity index (χ2v) is 9.38. The monoisotopic (exact) mass is 480 g/mol. The molecular formula is C27H32N2O6. The van der Waals surface area contributed by atoms with E-state index in [1.54, 1.807) is 0 Å². The Balaban J connectivity index is 1.18. The summed E-state index contributed by atoms with van der Waals surface area (Å²) in [5.41, 5.74) is 4.67. The number of alkyl carbamates (subject to hydrolysis) is 1. The SMILES string of the molecule is CC(CCC(=O)O)CNC(=O)C1COC(CNC(=O)OCC2c3ccccc3-c3ccccc32)C1. The first kappa shape index (κ1) is 24.7. The van der Waals surface area contributed by atoms with Crippen molar-refractivity contribution in [2.75, 3.05) is 26.3 Å². The highest BCUT2D eigenvalue weighted by Crippen LogP contribution is 2.44. The van der Waals surface area contributed by atoms with Crippen molar-refractivity contribution in [1.82, 2.24) is 10.6 Å². The molecule has 1 saturated heterocycles. The minimum absolute atomic E-state index is 0.00171. The number of benzene rings is 2. The van der Waals surface area contributed by atoms with E-state index in [1.165, 1.54) is 11.1 Å². The van der Waals surface area contributed by atoms with Crippen LogP contribution in [-0.4, -0.2) is 55.5 Å². The second kappa shape index (κ2) is 11.4. The number of ether oxygens (including phenoxy) is 2. The van der Waals surface area contributed by atoms with Gasteiger partial charge in [0.1, 0.15) is 6.61 Å². The summed E-state index contributed by atoms with van der Waals surface area (Å²) in [6, 6.07) is 16.4. The summed E-state index contributed by atoms with van der Waals surface area (Å²) >= 11 is 0. The van der Waals surface area contributed by atoms with E-state index in [1.807, 2.05) is 31.2 Å². The van der Waals surface area contributed by atoms with Gasteiger partial charge >= 0.3 is 12.1 Å². The van der Waals surface area contributed by atoms with Gasteiger partial charge in [-0.25, -0.2) is 4.79 Å². The summed E-state index contributed by atoms with van der Waals surface area (Å²) in [5.74, 6) is -1.13. The van der Waals surface area contributed by atoms with Crippen molar-refractivity contribution in [3.63, 3.8) is 0 Å². The van der Waals surface area contributed by atoms with Crippen LogP contribution in [0.4, 0.5) is 4.79 Å². The van der Waals surface area contributed by atoms with Crippen LogP contribution in [0.5, 0.6) is 0 Å². The minimum atomic E-state index is -0.834. The van der Waals surface area contributed by atoms with Crippen LogP contribution >= 0.6 is 0 Å². The van der Waals surface area contributed by atoms with Crippen molar-refractivity contribution in [2.45, 2.75) is 38.2 Å². The highest BCUT2D eigenvalue weighted by Gasteiger charge is 2.32. The Labute approximate surface area is 205 Å². The van der Waals surface area contributed by atoms with E-state index in [0.717, 1.165) is 11.1 Å². The zero-order valence-corrected chi connectivity index (χ0v) is 19.9. The molecule has 8 nitrogen and oxygen atoms in total. The quantitative estimate of drug-likeness (QED) is 0.479. The van der Waals surface area contributed by atoms with Crippen molar-refractivity contribution >= 4 is 18.0 Å². The summed E-state index contributed by atoms with van der Waals surface area (Å²) in [6.07, 6.45) is 0.363. The van der Waals surface area contributed by atoms with Crippen molar-refractivity contribution in [3.05, 3.63) is 59.7 Å². The smallest absolute Gasteiger partial charge is 0.407 e. The van der Waals surface area contributed by atoms with Crippen LogP contribution in [0.15, 0.2) is 48.5 Å². The van der Waals surface area contributed by atoms with Crippen LogP contribution in [0.3, 0.4) is 0 Å². The molecule has 3 atom stereocenters. The van der Waals surface area contributed by atoms with Crippen molar-refractivity contribution < 1.29 is 29.0 Å². The van der Waals surface area contributed by atoms with Gasteiger partial charge in [-0.15, -0.1) is 0 Å². The van der Waals surface area contributed by atoms with Crippen LogP contribution in [-0.2, 0) is 19.1 Å². The van der Waals surface area contributed by atoms with E-state index in [9.17, 15) is 14.4 Å². The van der Waals surface area contributed by atoms with Gasteiger partial charge in [-0.05, 0) is 41.0 Å². The van der Waals surface area contributed by atoms with Crippen molar-refractivity contribution in [3.8, 4) is 11.1 Å². The van der Waals surface area contributed by atoms with E-state index < -0.39 is 12.1 Å². The molecular weight excluding hydrogens is 448 g/mol. The van der Waals surface area contributed by atoms with Gasteiger partial charge in [0, 0.05) is 25.4 Å². The Bertz CT molecular complexity index is 1030. The molecule has 3 unspecified atom stereocenters. The number of fused-ring (bicyclic) bond motifs is 3. The van der Waals surface area contributed by atoms with Gasteiger partial charge in [0.2, 0.25) is 5.91 Å². The molecule has 1 aliphatic carbocycles. The molecule has 2 amide bonds. The van der Waals surface area contributed by atoms with E-state index in [0.29, 0.717) is 26.0 Å². The fourth-order valence-electron chi connectivity index (χ4n) is 4.77. The predicted molar refractivity (Wildman–Crippen MR) is 130 cm³/mol. The number of aliphatic carboxylic acids is 1. The molecule has 0 aromatic heterocycles. The number of carboxylic acid groups (broad SMARTS) is 1. The van der Waals surface area contributed by atoms with Gasteiger partial charge in [-0.2, -0.15) is 0 Å². The normalized spacial score (nSPS) is 19.5. The molecule has 35 heavy (non-hydrogen) atoms. The lowest BCUT2D eigenvalue weighted by molar-refractivity contribution is -0.137. The Hall–Kier alpha value is -3.39. The summed E-state index contributed by atoms with van der Waals surface area (Å²) < 4.78 is 11.2. The van der Waals surface area contributed by atoms with E-state index in [4.69, 9.17) is 14.6 Å². The lowest BCUT2D eigenvalue weighted by atomic mass is 9.98. The zero-order chi connectivity index (χ0) is 24.8. The number of rotatable bonds is 10. The first-order valence-electron chi connectivity index (χ1n) is 12.1. The molecule has 0 saturated carbocycles. The average Bonchev–Trinajstić information content (AvgIpc) is 3.46. The first-order valence-corrected chi connectivity index (χ1v) is 12.1. The number of carbonyl (C=O) groups is 3. The van der Waals surface area contributed by atoms with Gasteiger partial charge in [0.25, 0.3) is 0 Å². The Morgan fingerprint density at radius 3 is 2.37 bits per heavy atom. The number of carbonyl (C=O) groups excluding carboxylic acids is 2. The van der Waals surface area contributed by atoms with Crippen molar-refractivity contribution in [2.24, 2.45) is 11.8 Å². The molecule has 2 aliphatic rings. The summed E-state index contributed by atoms with van der Waals surface area (Å²) in [7, 11) is 0. The van der Waals surface area contributed by atoms with Gasteiger partial charge in [0.15, 0.2) is 0 Å². The van der Waals surface area contributed by atoms with Crippen LogP contribution in [0.1, 0.15) is 43.2 Å². The molecule has 1 aliphatic heterocycles. The van der Waals surface area contributed by atoms with Gasteiger partial charge < -0.3 is 25.2 Å². The molecule has 3 N–H and O–H groups in total. The lowest BCUT2D eigenvalue weighted by Crippen LogP contribution is -2.35. The van der Waals surface area contributed by atoms with Crippen LogP contribution in [0, 0.1) is 11.8 Å². The fraction of sp³-hybridized carbons (Fsp3) is 0.444. The number of amides is 2. The topological polar surface area (TPSA) is 114 Å². The largest absolute Gasteiger partial charge is 0.481 e. The third-order valence-corrected chi connectivity index (χ3v) is 6.74. The Morgan fingerprint density at radius 1 is 1.06 bits per heavy atom. The van der Waals surface area contributed by atoms with E-state index >= 15 is 0 Å². The van der Waals surface area contributed by atoms with Crippen LogP contribution < -0.4 is 10.6 Å². The summed E-state index contributed by atoms with van der Waals surface area (Å²) in [6.45, 7) is 3.17. The second-order valence-electron chi connectivity index (χ2n) is 9.38. The number of nitrogens with one attached hydrogen (secondary N) is 2. The molecule has 1 heterocycles. The van der Waals surface area contributed by atoms with Gasteiger partial charge in [-0.3, -0.25) is 9.59 Å². The number of hydrogen-bond acceptors (Lipinski definition) is 5. The molecule has 0 bridgehead atoms. The van der Waals surface area contributed by atoms with E-state index in [2.05, 4.69) is 34.9 Å². The first-order chi connectivity index (χ1) is 16.9. The standard InChI is InChI=1S/C27H32N2O6/c1-17(10-11-25(30)31)13-28-26(32)18-12-19(34-15-18)14-29-27(33)35-16-24-22-8-4-2-6-20(22)21-7-3-5-9-23(21)24/h2-9,17-19,24H,10-16H2,1H3,(H,28,32)(H,29,33)(H,30,31). The molecule has 4 rings (SSSR count). The molecule has 2 aromatic rings. The predicted octanol–water partition coefficient (Wildman–Crippen LogP) is 3.55. The van der Waals surface area contributed by atoms with Crippen LogP contribution in [0.25, 0.3) is 11.1 Å². The Kier molecular flexibility index (Phi) is 8.02. The molecule has 0 radical (unpaired) electrons. The average molecular weight is 481 g/mol. The molecule has 186 valence electrons. The summed E-state index contributed by atoms with van der Waals surface area (Å²) in [4.78, 5) is 35.4. The molecule has 0 spiro atoms. The number of hydrogen-bond donors (Lipinski definition) is 3. The third kappa shape index (κ3) is 6.19. The maximum absolute atomic E-state index is 12.4. The van der Waals surface area contributed by atoms with Crippen molar-refractivity contribution in [1.29, 1.82) is 0 Å². The minimum Gasteiger partial charge on any atom is -0.481 e. The maximum Gasteiger partial charge on any atom is 0.407 e. The van der Waals surface area contributed by atoms with Gasteiger partial charge in [0.05, 0.1) is 18.6 Å². The maximum atomic E-state index is 12.4.